The third-order valence-electron chi connectivity index (χ3n) is 3.40. The van der Waals surface area contributed by atoms with E-state index in [4.69, 9.17) is 21.1 Å². The predicted octanol–water partition coefficient (Wildman–Crippen LogP) is 3.25. The lowest BCUT2D eigenvalue weighted by atomic mass is 10.3. The largest absolute Gasteiger partial charge is 0.495 e. The fourth-order valence-electron chi connectivity index (χ4n) is 2.18. The fourth-order valence-corrected chi connectivity index (χ4v) is 3.84. The maximum Gasteiger partial charge on any atom is 0.326 e. The van der Waals surface area contributed by atoms with Gasteiger partial charge in [0.1, 0.15) is 18.1 Å². The Bertz CT molecular complexity index is 887. The summed E-state index contributed by atoms with van der Waals surface area (Å²) in [6, 6.07) is 8.58. The second-order valence-corrected chi connectivity index (χ2v) is 7.36. The lowest BCUT2D eigenvalue weighted by Crippen LogP contribution is -2.36. The average Bonchev–Trinajstić information content (AvgIpc) is 2.60. The summed E-state index contributed by atoms with van der Waals surface area (Å²) in [7, 11) is -2.73. The SMILES string of the molecule is CCOC(=O)CN(c1ccc(OC)c(Cl)c1)S(=O)(=O)c1ccc(F)cc1. The zero-order valence-corrected chi connectivity index (χ0v) is 15.7. The Labute approximate surface area is 156 Å². The molecule has 0 saturated carbocycles. The van der Waals surface area contributed by atoms with Gasteiger partial charge in [-0.3, -0.25) is 9.10 Å². The Morgan fingerprint density at radius 2 is 1.85 bits per heavy atom. The summed E-state index contributed by atoms with van der Waals surface area (Å²) in [6.45, 7) is 1.16. The maximum atomic E-state index is 13.1. The first-order valence-corrected chi connectivity index (χ1v) is 9.39. The molecule has 0 radical (unpaired) electrons. The van der Waals surface area contributed by atoms with Crippen molar-refractivity contribution >= 4 is 33.3 Å². The van der Waals surface area contributed by atoms with Crippen molar-refractivity contribution < 1.29 is 27.1 Å². The van der Waals surface area contributed by atoms with Crippen LogP contribution in [0.15, 0.2) is 47.4 Å². The van der Waals surface area contributed by atoms with Gasteiger partial charge >= 0.3 is 5.97 Å². The number of ether oxygens (including phenoxy) is 2. The van der Waals surface area contributed by atoms with E-state index in [0.29, 0.717) is 5.75 Å². The Morgan fingerprint density at radius 1 is 1.19 bits per heavy atom. The molecule has 2 rings (SSSR count). The van der Waals surface area contributed by atoms with E-state index in [1.807, 2.05) is 0 Å². The highest BCUT2D eigenvalue weighted by Gasteiger charge is 2.28. The van der Waals surface area contributed by atoms with Gasteiger partial charge < -0.3 is 9.47 Å². The van der Waals surface area contributed by atoms with Crippen LogP contribution in [-0.4, -0.2) is 34.6 Å². The highest BCUT2D eigenvalue weighted by atomic mass is 35.5. The van der Waals surface area contributed by atoms with Gasteiger partial charge in [0.15, 0.2) is 0 Å². The van der Waals surface area contributed by atoms with Gasteiger partial charge in [-0.25, -0.2) is 12.8 Å². The minimum absolute atomic E-state index is 0.104. The maximum absolute atomic E-state index is 13.1. The molecule has 2 aromatic rings. The van der Waals surface area contributed by atoms with Crippen molar-refractivity contribution in [3.05, 3.63) is 53.3 Å². The molecule has 0 unspecified atom stereocenters. The molecular formula is C17H17ClFNO5S. The second kappa shape index (κ2) is 8.37. The molecule has 0 amide bonds. The van der Waals surface area contributed by atoms with Gasteiger partial charge in [0, 0.05) is 0 Å². The number of carbonyl (C=O) groups excluding carboxylic acids is 1. The molecular weight excluding hydrogens is 385 g/mol. The first-order valence-electron chi connectivity index (χ1n) is 7.57. The molecule has 0 heterocycles. The number of methoxy groups -OCH3 is 1. The second-order valence-electron chi connectivity index (χ2n) is 5.09. The van der Waals surface area contributed by atoms with Crippen molar-refractivity contribution in [1.29, 1.82) is 0 Å². The van der Waals surface area contributed by atoms with Crippen molar-refractivity contribution in [3.8, 4) is 5.75 Å². The van der Waals surface area contributed by atoms with Crippen LogP contribution in [0, 0.1) is 5.82 Å². The molecule has 0 aliphatic carbocycles. The summed E-state index contributed by atoms with van der Waals surface area (Å²) in [5.41, 5.74) is 0.146. The van der Waals surface area contributed by atoms with Crippen LogP contribution >= 0.6 is 11.6 Å². The third-order valence-corrected chi connectivity index (χ3v) is 5.49. The van der Waals surface area contributed by atoms with Gasteiger partial charge in [-0.05, 0) is 49.4 Å². The molecule has 9 heteroatoms. The van der Waals surface area contributed by atoms with Crippen LogP contribution in [0.5, 0.6) is 5.75 Å². The summed E-state index contributed by atoms with van der Waals surface area (Å²) in [6.07, 6.45) is 0. The molecule has 0 atom stereocenters. The van der Waals surface area contributed by atoms with Crippen molar-refractivity contribution in [1.82, 2.24) is 0 Å². The zero-order valence-electron chi connectivity index (χ0n) is 14.1. The Kier molecular flexibility index (Phi) is 6.44. The van der Waals surface area contributed by atoms with E-state index in [2.05, 4.69) is 0 Å². The monoisotopic (exact) mass is 401 g/mol. The van der Waals surface area contributed by atoms with Crippen molar-refractivity contribution in [2.45, 2.75) is 11.8 Å². The highest BCUT2D eigenvalue weighted by Crippen LogP contribution is 2.32. The van der Waals surface area contributed by atoms with Crippen LogP contribution in [0.1, 0.15) is 6.92 Å². The van der Waals surface area contributed by atoms with Gasteiger partial charge in [-0.1, -0.05) is 11.6 Å². The number of nitrogens with zero attached hydrogens (tertiary/aromatic N) is 1. The number of sulfonamides is 1. The van der Waals surface area contributed by atoms with E-state index >= 15 is 0 Å². The molecule has 0 aromatic heterocycles. The summed E-state index contributed by atoms with van der Waals surface area (Å²) >= 11 is 6.08. The third kappa shape index (κ3) is 4.44. The number of esters is 1. The van der Waals surface area contributed by atoms with Crippen LogP contribution in [0.2, 0.25) is 5.02 Å². The van der Waals surface area contributed by atoms with Gasteiger partial charge in [0.2, 0.25) is 0 Å². The molecule has 2 aromatic carbocycles. The quantitative estimate of drug-likeness (QED) is 0.666. The molecule has 26 heavy (non-hydrogen) atoms. The fraction of sp³-hybridized carbons (Fsp3) is 0.235. The Morgan fingerprint density at radius 3 is 2.38 bits per heavy atom. The lowest BCUT2D eigenvalue weighted by molar-refractivity contribution is -0.141. The summed E-state index contributed by atoms with van der Waals surface area (Å²) in [4.78, 5) is 11.7. The van der Waals surface area contributed by atoms with Gasteiger partial charge in [0.05, 0.1) is 29.3 Å². The molecule has 0 bridgehead atoms. The minimum Gasteiger partial charge on any atom is -0.495 e. The Balaban J connectivity index is 2.51. The molecule has 6 nitrogen and oxygen atoms in total. The predicted molar refractivity (Wildman–Crippen MR) is 95.6 cm³/mol. The van der Waals surface area contributed by atoms with E-state index in [0.717, 1.165) is 28.6 Å². The summed E-state index contributed by atoms with van der Waals surface area (Å²) in [5, 5.41) is 0.174. The standard InChI is InChI=1S/C17H17ClFNO5S/c1-3-25-17(21)11-20(13-6-9-16(24-2)15(18)10-13)26(22,23)14-7-4-12(19)5-8-14/h4-10H,3,11H2,1-2H3. The zero-order chi connectivity index (χ0) is 19.3. The smallest absolute Gasteiger partial charge is 0.326 e. The average molecular weight is 402 g/mol. The number of rotatable bonds is 7. The number of anilines is 1. The molecule has 140 valence electrons. The van der Waals surface area contributed by atoms with E-state index in [1.165, 1.54) is 25.3 Å². The van der Waals surface area contributed by atoms with E-state index < -0.39 is 28.4 Å². The number of hydrogen-bond acceptors (Lipinski definition) is 5. The first-order chi connectivity index (χ1) is 12.3. The number of carbonyl (C=O) groups is 1. The van der Waals surface area contributed by atoms with Crippen molar-refractivity contribution in [2.24, 2.45) is 0 Å². The van der Waals surface area contributed by atoms with Crippen LogP contribution in [0.3, 0.4) is 0 Å². The minimum atomic E-state index is -4.15. The molecule has 0 saturated heterocycles. The molecule has 0 spiro atoms. The van der Waals surface area contributed by atoms with Gasteiger partial charge in [-0.2, -0.15) is 0 Å². The Hall–Kier alpha value is -2.32. The molecule has 0 aliphatic heterocycles. The number of benzene rings is 2. The van der Waals surface area contributed by atoms with E-state index in [9.17, 15) is 17.6 Å². The topological polar surface area (TPSA) is 72.9 Å². The van der Waals surface area contributed by atoms with Gasteiger partial charge in [0.25, 0.3) is 10.0 Å². The van der Waals surface area contributed by atoms with E-state index in [1.54, 1.807) is 6.92 Å². The van der Waals surface area contributed by atoms with Gasteiger partial charge in [-0.15, -0.1) is 0 Å². The number of halogens is 2. The number of hydrogen-bond donors (Lipinski definition) is 0. The summed E-state index contributed by atoms with van der Waals surface area (Å²) in [5.74, 6) is -0.954. The van der Waals surface area contributed by atoms with Crippen molar-refractivity contribution in [2.75, 3.05) is 24.6 Å². The molecule has 0 N–H and O–H groups in total. The first kappa shape index (κ1) is 20.0. The van der Waals surface area contributed by atoms with E-state index in [-0.39, 0.29) is 22.2 Å². The highest BCUT2D eigenvalue weighted by molar-refractivity contribution is 7.92. The molecule has 0 fully saturated rings. The lowest BCUT2D eigenvalue weighted by Gasteiger charge is -2.24. The summed E-state index contributed by atoms with van der Waals surface area (Å²) < 4.78 is 49.8. The van der Waals surface area contributed by atoms with Crippen LogP contribution in [-0.2, 0) is 19.6 Å². The van der Waals surface area contributed by atoms with Crippen molar-refractivity contribution in [3.63, 3.8) is 0 Å². The normalized spacial score (nSPS) is 11.1. The van der Waals surface area contributed by atoms with Crippen LogP contribution < -0.4 is 9.04 Å². The van der Waals surface area contributed by atoms with Crippen LogP contribution in [0.4, 0.5) is 10.1 Å². The van der Waals surface area contributed by atoms with Crippen LogP contribution in [0.25, 0.3) is 0 Å². The molecule has 0 aliphatic rings.